The normalized spacial score (nSPS) is 15.2. The van der Waals surface area contributed by atoms with Crippen LogP contribution in [0.4, 0.5) is 0 Å². The van der Waals surface area contributed by atoms with Crippen molar-refractivity contribution in [2.75, 3.05) is 41.3 Å². The molecule has 0 fully saturated rings. The molecule has 1 aromatic carbocycles. The Bertz CT molecular complexity index is 855. The summed E-state index contributed by atoms with van der Waals surface area (Å²) in [6, 6.07) is 5.12. The van der Waals surface area contributed by atoms with E-state index in [1.165, 1.54) is 7.11 Å². The Labute approximate surface area is 156 Å². The third-order valence-corrected chi connectivity index (χ3v) is 5.72. The molecule has 1 aliphatic rings. The lowest BCUT2D eigenvalue weighted by atomic mass is 10.00. The van der Waals surface area contributed by atoms with Gasteiger partial charge in [0.1, 0.15) is 10.6 Å². The van der Waals surface area contributed by atoms with Gasteiger partial charge in [-0.15, -0.1) is 0 Å². The second-order valence-corrected chi connectivity index (χ2v) is 8.27. The molecule has 0 atom stereocenters. The van der Waals surface area contributed by atoms with Crippen LogP contribution in [0, 0.1) is 0 Å². The highest BCUT2D eigenvalue weighted by Crippen LogP contribution is 2.32. The maximum absolute atomic E-state index is 12.6. The number of likely N-dealkylation sites (N-methyl/N-ethyl adjacent to an activating group) is 2. The lowest BCUT2D eigenvalue weighted by Gasteiger charge is -2.24. The van der Waals surface area contributed by atoms with Gasteiger partial charge in [-0.2, -0.15) is 0 Å². The van der Waals surface area contributed by atoms with Gasteiger partial charge in [-0.1, -0.05) is 12.6 Å². The van der Waals surface area contributed by atoms with Crippen LogP contribution in [0.1, 0.15) is 12.5 Å². The summed E-state index contributed by atoms with van der Waals surface area (Å²) >= 11 is 0. The molecule has 0 saturated heterocycles. The van der Waals surface area contributed by atoms with Crippen molar-refractivity contribution >= 4 is 15.6 Å². The van der Waals surface area contributed by atoms with Crippen LogP contribution in [-0.4, -0.2) is 59.6 Å². The van der Waals surface area contributed by atoms with Crippen LogP contribution in [-0.2, 0) is 10.0 Å². The Morgan fingerprint density at radius 1 is 1.31 bits per heavy atom. The molecule has 0 aromatic heterocycles. The standard InChI is InChI=1S/C19H27N3O3S/c1-14-11-17(13-22(5)15(14)2)16-7-8-19(18(12-16)25-6)26(23,24)20-9-10-21(3)4/h7-8,11-13,20H,2,9-10H2,1,3-6H3. The molecule has 142 valence electrons. The van der Waals surface area contributed by atoms with Gasteiger partial charge in [-0.3, -0.25) is 0 Å². The van der Waals surface area contributed by atoms with Gasteiger partial charge >= 0.3 is 0 Å². The predicted octanol–water partition coefficient (Wildman–Crippen LogP) is 2.28. The van der Waals surface area contributed by atoms with Gasteiger partial charge in [0.05, 0.1) is 7.11 Å². The van der Waals surface area contributed by atoms with Crippen LogP contribution in [0.25, 0.3) is 5.57 Å². The van der Waals surface area contributed by atoms with Crippen molar-refractivity contribution in [3.8, 4) is 5.75 Å². The van der Waals surface area contributed by atoms with Crippen LogP contribution >= 0.6 is 0 Å². The number of allylic oxidation sites excluding steroid dienone is 3. The first-order chi connectivity index (χ1) is 12.2. The summed E-state index contributed by atoms with van der Waals surface area (Å²) in [6.45, 7) is 6.97. The molecular weight excluding hydrogens is 350 g/mol. The molecule has 26 heavy (non-hydrogen) atoms. The van der Waals surface area contributed by atoms with Gasteiger partial charge in [0, 0.05) is 32.0 Å². The number of hydrogen-bond acceptors (Lipinski definition) is 5. The first kappa shape index (κ1) is 20.2. The predicted molar refractivity (Wildman–Crippen MR) is 105 cm³/mol. The number of benzene rings is 1. The van der Waals surface area contributed by atoms with Crippen molar-refractivity contribution < 1.29 is 13.2 Å². The molecule has 1 aliphatic heterocycles. The summed E-state index contributed by atoms with van der Waals surface area (Å²) < 4.78 is 33.1. The van der Waals surface area contributed by atoms with Crippen molar-refractivity contribution in [3.63, 3.8) is 0 Å². The number of rotatable bonds is 7. The number of hydrogen-bond donors (Lipinski definition) is 1. The van der Waals surface area contributed by atoms with Gasteiger partial charge in [-0.25, -0.2) is 13.1 Å². The molecule has 7 heteroatoms. The quantitative estimate of drug-likeness (QED) is 0.790. The van der Waals surface area contributed by atoms with Crippen molar-refractivity contribution in [2.24, 2.45) is 0 Å². The second-order valence-electron chi connectivity index (χ2n) is 6.54. The molecule has 1 aromatic rings. The highest BCUT2D eigenvalue weighted by molar-refractivity contribution is 7.89. The Balaban J connectivity index is 2.34. The molecule has 1 heterocycles. The highest BCUT2D eigenvalue weighted by Gasteiger charge is 2.21. The third-order valence-electron chi connectivity index (χ3n) is 4.22. The van der Waals surface area contributed by atoms with E-state index in [4.69, 9.17) is 4.74 Å². The van der Waals surface area contributed by atoms with Crippen LogP contribution in [0.3, 0.4) is 0 Å². The Morgan fingerprint density at radius 2 is 2.00 bits per heavy atom. The number of sulfonamides is 1. The van der Waals surface area contributed by atoms with E-state index in [0.29, 0.717) is 18.8 Å². The monoisotopic (exact) mass is 377 g/mol. The summed E-state index contributed by atoms with van der Waals surface area (Å²) in [5.74, 6) is 0.318. The van der Waals surface area contributed by atoms with Crippen LogP contribution in [0.2, 0.25) is 0 Å². The number of nitrogens with one attached hydrogen (secondary N) is 1. The van der Waals surface area contributed by atoms with Gasteiger partial charge in [0.25, 0.3) is 0 Å². The minimum Gasteiger partial charge on any atom is -0.495 e. The third kappa shape index (κ3) is 4.55. The van der Waals surface area contributed by atoms with E-state index in [2.05, 4.69) is 11.3 Å². The molecule has 0 amide bonds. The fraction of sp³-hybridized carbons (Fsp3) is 0.368. The molecule has 0 saturated carbocycles. The van der Waals surface area contributed by atoms with Crippen molar-refractivity contribution in [3.05, 3.63) is 53.9 Å². The molecule has 2 rings (SSSR count). The largest absolute Gasteiger partial charge is 0.495 e. The summed E-state index contributed by atoms with van der Waals surface area (Å²) in [6.07, 6.45) is 3.99. The summed E-state index contributed by atoms with van der Waals surface area (Å²) in [5.41, 5.74) is 3.85. The molecule has 0 unspecified atom stereocenters. The van der Waals surface area contributed by atoms with E-state index < -0.39 is 10.0 Å². The van der Waals surface area contributed by atoms with Crippen molar-refractivity contribution in [1.29, 1.82) is 0 Å². The van der Waals surface area contributed by atoms with E-state index in [-0.39, 0.29) is 4.90 Å². The SMILES string of the molecule is C=C1C(C)=CC(c2ccc(S(=O)(=O)NCCN(C)C)c(OC)c2)=CN1C. The smallest absolute Gasteiger partial charge is 0.244 e. The van der Waals surface area contributed by atoms with Gasteiger partial charge in [-0.05, 0) is 55.9 Å². The van der Waals surface area contributed by atoms with Crippen LogP contribution in [0.15, 0.2) is 53.2 Å². The molecule has 0 spiro atoms. The Morgan fingerprint density at radius 3 is 2.58 bits per heavy atom. The van der Waals surface area contributed by atoms with Crippen molar-refractivity contribution in [1.82, 2.24) is 14.5 Å². The zero-order valence-corrected chi connectivity index (χ0v) is 16.9. The number of ether oxygens (including phenoxy) is 1. The van der Waals surface area contributed by atoms with Gasteiger partial charge in [0.15, 0.2) is 0 Å². The minimum atomic E-state index is -3.64. The van der Waals surface area contributed by atoms with E-state index in [1.54, 1.807) is 18.2 Å². The summed E-state index contributed by atoms with van der Waals surface area (Å²) in [5, 5.41) is 0. The number of nitrogens with zero attached hydrogens (tertiary/aromatic N) is 2. The maximum atomic E-state index is 12.6. The van der Waals surface area contributed by atoms with E-state index in [0.717, 1.165) is 22.4 Å². The fourth-order valence-corrected chi connectivity index (χ4v) is 3.80. The summed E-state index contributed by atoms with van der Waals surface area (Å²) in [7, 11) is 3.55. The lowest BCUT2D eigenvalue weighted by Crippen LogP contribution is -2.31. The summed E-state index contributed by atoms with van der Waals surface area (Å²) in [4.78, 5) is 4.00. The average molecular weight is 378 g/mol. The van der Waals surface area contributed by atoms with E-state index in [1.807, 2.05) is 50.1 Å². The van der Waals surface area contributed by atoms with E-state index >= 15 is 0 Å². The second kappa shape index (κ2) is 8.07. The van der Waals surface area contributed by atoms with Gasteiger partial charge in [0.2, 0.25) is 10.0 Å². The first-order valence-electron chi connectivity index (χ1n) is 8.30. The van der Waals surface area contributed by atoms with Crippen LogP contribution in [0.5, 0.6) is 5.75 Å². The Hall–Kier alpha value is -2.09. The van der Waals surface area contributed by atoms with Crippen LogP contribution < -0.4 is 9.46 Å². The van der Waals surface area contributed by atoms with Crippen molar-refractivity contribution in [2.45, 2.75) is 11.8 Å². The highest BCUT2D eigenvalue weighted by atomic mass is 32.2. The van der Waals surface area contributed by atoms with E-state index in [9.17, 15) is 8.42 Å². The Kier molecular flexibility index (Phi) is 6.28. The zero-order chi connectivity index (χ0) is 19.5. The fourth-order valence-electron chi connectivity index (χ4n) is 2.63. The average Bonchev–Trinajstić information content (AvgIpc) is 2.58. The topological polar surface area (TPSA) is 61.9 Å². The molecule has 6 nitrogen and oxygen atoms in total. The first-order valence-corrected chi connectivity index (χ1v) is 9.79. The zero-order valence-electron chi connectivity index (χ0n) is 16.0. The maximum Gasteiger partial charge on any atom is 0.244 e. The molecule has 1 N–H and O–H groups in total. The van der Waals surface area contributed by atoms with Gasteiger partial charge < -0.3 is 14.5 Å². The molecule has 0 radical (unpaired) electrons. The molecule has 0 bridgehead atoms. The molecule has 0 aliphatic carbocycles. The minimum absolute atomic E-state index is 0.136. The lowest BCUT2D eigenvalue weighted by molar-refractivity contribution is 0.400. The number of methoxy groups -OCH3 is 1. The molecular formula is C19H27N3O3S.